The molecular formula is C21H16FN5. The van der Waals surface area contributed by atoms with E-state index in [9.17, 15) is 4.39 Å². The summed E-state index contributed by atoms with van der Waals surface area (Å²) in [6.07, 6.45) is 2.04. The van der Waals surface area contributed by atoms with Crippen molar-refractivity contribution in [3.05, 3.63) is 89.8 Å². The van der Waals surface area contributed by atoms with E-state index in [1.807, 2.05) is 30.3 Å². The van der Waals surface area contributed by atoms with Gasteiger partial charge >= 0.3 is 0 Å². The highest BCUT2D eigenvalue weighted by atomic mass is 19.1. The fourth-order valence-corrected chi connectivity index (χ4v) is 2.95. The minimum atomic E-state index is -0.386. The average molecular weight is 357 g/mol. The molecule has 0 aliphatic carbocycles. The smallest absolute Gasteiger partial charge is 0.148 e. The maximum absolute atomic E-state index is 14.0. The molecule has 0 atom stereocenters. The molecule has 6 heteroatoms. The first kappa shape index (κ1) is 16.8. The molecule has 0 unspecified atom stereocenters. The van der Waals surface area contributed by atoms with Crippen LogP contribution in [-0.4, -0.2) is 20.6 Å². The van der Waals surface area contributed by atoms with Gasteiger partial charge in [0.1, 0.15) is 17.1 Å². The highest BCUT2D eigenvalue weighted by Crippen LogP contribution is 2.19. The molecule has 0 radical (unpaired) electrons. The number of aromatic nitrogens is 3. The normalized spacial score (nSPS) is 10.9. The fraction of sp³-hybridized carbons (Fsp3) is 0.0476. The maximum atomic E-state index is 14.0. The standard InChI is InChI=1S/C21H16FN5/c22-17-6-2-1-5-16(17)19-9-10-20(23)27(26-19)21(24)13-14-7-8-18-15(12-14)4-3-11-25-18/h1-12,23-24H,13H2. The number of nitrogens with one attached hydrogen (secondary N) is 2. The molecule has 27 heavy (non-hydrogen) atoms. The first-order chi connectivity index (χ1) is 13.1. The Morgan fingerprint density at radius 2 is 1.85 bits per heavy atom. The van der Waals surface area contributed by atoms with Gasteiger partial charge in [-0.3, -0.25) is 15.8 Å². The molecule has 0 aliphatic rings. The molecule has 0 fully saturated rings. The predicted molar refractivity (Wildman–Crippen MR) is 102 cm³/mol. The van der Waals surface area contributed by atoms with Gasteiger partial charge in [-0.1, -0.05) is 24.3 Å². The van der Waals surface area contributed by atoms with Crippen LogP contribution in [0.5, 0.6) is 0 Å². The van der Waals surface area contributed by atoms with Crippen LogP contribution < -0.4 is 5.49 Å². The molecule has 0 aliphatic heterocycles. The summed E-state index contributed by atoms with van der Waals surface area (Å²) in [5.74, 6) is -0.246. The van der Waals surface area contributed by atoms with Crippen molar-refractivity contribution in [2.45, 2.75) is 6.42 Å². The Balaban J connectivity index is 1.67. The number of hydrogen-bond acceptors (Lipinski definition) is 4. The molecule has 0 saturated heterocycles. The summed E-state index contributed by atoms with van der Waals surface area (Å²) in [5.41, 5.74) is 2.61. The van der Waals surface area contributed by atoms with Crippen LogP contribution in [-0.2, 0) is 6.42 Å². The summed E-state index contributed by atoms with van der Waals surface area (Å²) >= 11 is 0. The van der Waals surface area contributed by atoms with E-state index in [2.05, 4.69) is 10.1 Å². The highest BCUT2D eigenvalue weighted by molar-refractivity contribution is 5.85. The fourth-order valence-electron chi connectivity index (χ4n) is 2.95. The number of rotatable bonds is 3. The summed E-state index contributed by atoms with van der Waals surface area (Å²) < 4.78 is 15.3. The molecule has 2 aromatic heterocycles. The zero-order valence-corrected chi connectivity index (χ0v) is 14.4. The van der Waals surface area contributed by atoms with E-state index >= 15 is 0 Å². The third-order valence-electron chi connectivity index (χ3n) is 4.28. The second-order valence-corrected chi connectivity index (χ2v) is 6.15. The SMILES string of the molecule is N=C(Cc1ccc2ncccc2c1)n1nc(-c2ccccc2F)ccc1=N. The molecule has 4 aromatic rings. The van der Waals surface area contributed by atoms with Crippen LogP contribution in [0.4, 0.5) is 4.39 Å². The minimum Gasteiger partial charge on any atom is -0.286 e. The number of benzene rings is 2. The number of nitrogens with zero attached hydrogens (tertiary/aromatic N) is 3. The number of fused-ring (bicyclic) bond motifs is 1. The van der Waals surface area contributed by atoms with Gasteiger partial charge in [-0.2, -0.15) is 5.10 Å². The molecule has 0 saturated carbocycles. The summed E-state index contributed by atoms with van der Waals surface area (Å²) in [5, 5.41) is 21.8. The first-order valence-corrected chi connectivity index (χ1v) is 8.43. The van der Waals surface area contributed by atoms with Crippen molar-refractivity contribution in [3.8, 4) is 11.3 Å². The predicted octanol–water partition coefficient (Wildman–Crippen LogP) is 3.78. The van der Waals surface area contributed by atoms with Crippen LogP contribution in [0.25, 0.3) is 22.2 Å². The zero-order chi connectivity index (χ0) is 18.8. The van der Waals surface area contributed by atoms with E-state index in [1.165, 1.54) is 16.8 Å². The first-order valence-electron chi connectivity index (χ1n) is 8.43. The zero-order valence-electron chi connectivity index (χ0n) is 14.4. The van der Waals surface area contributed by atoms with Gasteiger partial charge < -0.3 is 0 Å². The van der Waals surface area contributed by atoms with Crippen LogP contribution in [0.2, 0.25) is 0 Å². The van der Waals surface area contributed by atoms with Crippen LogP contribution in [0.1, 0.15) is 5.56 Å². The molecule has 5 nitrogen and oxygen atoms in total. The quantitative estimate of drug-likeness (QED) is 0.432. The third-order valence-corrected chi connectivity index (χ3v) is 4.28. The number of pyridine rings is 1. The Morgan fingerprint density at radius 1 is 1.00 bits per heavy atom. The van der Waals surface area contributed by atoms with E-state index in [-0.39, 0.29) is 17.1 Å². The van der Waals surface area contributed by atoms with Crippen LogP contribution in [0.15, 0.2) is 72.9 Å². The molecule has 0 amide bonds. The van der Waals surface area contributed by atoms with Crippen molar-refractivity contribution in [2.75, 3.05) is 0 Å². The second-order valence-electron chi connectivity index (χ2n) is 6.15. The van der Waals surface area contributed by atoms with E-state index in [4.69, 9.17) is 10.8 Å². The van der Waals surface area contributed by atoms with Gasteiger partial charge in [0, 0.05) is 23.6 Å². The number of halogens is 1. The van der Waals surface area contributed by atoms with Gasteiger partial charge in [0.15, 0.2) is 0 Å². The van der Waals surface area contributed by atoms with E-state index in [1.54, 1.807) is 30.5 Å². The summed E-state index contributed by atoms with van der Waals surface area (Å²) in [7, 11) is 0. The molecule has 132 valence electrons. The monoisotopic (exact) mass is 357 g/mol. The van der Waals surface area contributed by atoms with Crippen molar-refractivity contribution >= 4 is 16.7 Å². The van der Waals surface area contributed by atoms with Crippen LogP contribution in [0.3, 0.4) is 0 Å². The molecular weight excluding hydrogens is 341 g/mol. The van der Waals surface area contributed by atoms with Gasteiger partial charge in [-0.05, 0) is 48.0 Å². The van der Waals surface area contributed by atoms with E-state index in [0.29, 0.717) is 17.7 Å². The average Bonchev–Trinajstić information content (AvgIpc) is 2.69. The Hall–Kier alpha value is -3.67. The lowest BCUT2D eigenvalue weighted by Gasteiger charge is -2.10. The Kier molecular flexibility index (Phi) is 4.30. The minimum absolute atomic E-state index is 0.0718. The van der Waals surface area contributed by atoms with Crippen molar-refractivity contribution < 1.29 is 4.39 Å². The third kappa shape index (κ3) is 3.37. The van der Waals surface area contributed by atoms with Gasteiger partial charge in [-0.25, -0.2) is 9.07 Å². The largest absolute Gasteiger partial charge is 0.286 e. The topological polar surface area (TPSA) is 78.4 Å². The van der Waals surface area contributed by atoms with Gasteiger partial charge in [0.2, 0.25) is 0 Å². The summed E-state index contributed by atoms with van der Waals surface area (Å²) in [4.78, 5) is 4.29. The lowest BCUT2D eigenvalue weighted by molar-refractivity contribution is 0.629. The highest BCUT2D eigenvalue weighted by Gasteiger charge is 2.10. The lowest BCUT2D eigenvalue weighted by Crippen LogP contribution is -2.30. The van der Waals surface area contributed by atoms with Crippen LogP contribution >= 0.6 is 0 Å². The molecule has 4 rings (SSSR count). The van der Waals surface area contributed by atoms with Crippen molar-refractivity contribution in [2.24, 2.45) is 0 Å². The molecule has 2 N–H and O–H groups in total. The maximum Gasteiger partial charge on any atom is 0.148 e. The molecule has 0 bridgehead atoms. The Labute approximate surface area is 154 Å². The second kappa shape index (κ2) is 6.92. The van der Waals surface area contributed by atoms with Crippen molar-refractivity contribution in [1.82, 2.24) is 14.8 Å². The van der Waals surface area contributed by atoms with Gasteiger partial charge in [0.25, 0.3) is 0 Å². The molecule has 2 aromatic carbocycles. The molecule has 0 spiro atoms. The van der Waals surface area contributed by atoms with Gasteiger partial charge in [0.05, 0.1) is 11.2 Å². The van der Waals surface area contributed by atoms with Crippen LogP contribution in [0, 0.1) is 16.6 Å². The van der Waals surface area contributed by atoms with Gasteiger partial charge in [-0.15, -0.1) is 0 Å². The summed E-state index contributed by atoms with van der Waals surface area (Å²) in [6.45, 7) is 0. The Bertz CT molecular complexity index is 1210. The van der Waals surface area contributed by atoms with E-state index < -0.39 is 0 Å². The lowest BCUT2D eigenvalue weighted by atomic mass is 10.1. The van der Waals surface area contributed by atoms with E-state index in [0.717, 1.165) is 16.5 Å². The Morgan fingerprint density at radius 3 is 2.70 bits per heavy atom. The van der Waals surface area contributed by atoms with Crippen molar-refractivity contribution in [1.29, 1.82) is 10.8 Å². The van der Waals surface area contributed by atoms with Crippen molar-refractivity contribution in [3.63, 3.8) is 0 Å². The summed E-state index contributed by atoms with van der Waals surface area (Å²) in [6, 6.07) is 19.1. The molecule has 2 heterocycles. The number of hydrogen-bond donors (Lipinski definition) is 2.